The van der Waals surface area contributed by atoms with Gasteiger partial charge in [-0.1, -0.05) is 50.1 Å². The van der Waals surface area contributed by atoms with E-state index < -0.39 is 0 Å². The Bertz CT molecular complexity index is 579. The van der Waals surface area contributed by atoms with E-state index in [1.54, 1.807) is 0 Å². The fourth-order valence-electron chi connectivity index (χ4n) is 1.92. The second kappa shape index (κ2) is 6.06. The molecule has 3 heteroatoms. The van der Waals surface area contributed by atoms with Crippen LogP contribution in [0.3, 0.4) is 0 Å². The molecular weight excluding hydrogens is 467 g/mol. The molecule has 1 unspecified atom stereocenters. The van der Waals surface area contributed by atoms with Gasteiger partial charge in [0.05, 0.1) is 4.83 Å². The van der Waals surface area contributed by atoms with Crippen molar-refractivity contribution in [1.29, 1.82) is 0 Å². The summed E-state index contributed by atoms with van der Waals surface area (Å²) in [6.07, 6.45) is 0. The molecule has 1 atom stereocenters. The van der Waals surface area contributed by atoms with Crippen molar-refractivity contribution in [1.82, 2.24) is 0 Å². The standard InChI is InChI=1S/C15H13Br2I/c1-9-7-14(16)10(2)6-13(9)15(17)11-4-3-5-12(18)8-11/h3-8,15H,1-2H3. The number of halogens is 3. The molecule has 2 rings (SSSR count). The van der Waals surface area contributed by atoms with Gasteiger partial charge in [0, 0.05) is 8.04 Å². The van der Waals surface area contributed by atoms with Crippen LogP contribution in [-0.2, 0) is 0 Å². The van der Waals surface area contributed by atoms with Gasteiger partial charge in [0.1, 0.15) is 0 Å². The zero-order valence-corrected chi connectivity index (χ0v) is 15.5. The van der Waals surface area contributed by atoms with Gasteiger partial charge in [-0.25, -0.2) is 0 Å². The molecule has 0 fully saturated rings. The lowest BCUT2D eigenvalue weighted by Gasteiger charge is -2.15. The highest BCUT2D eigenvalue weighted by atomic mass is 127. The molecular formula is C15H13Br2I. The minimum atomic E-state index is 0.249. The Kier molecular flexibility index (Phi) is 4.89. The number of alkyl halides is 1. The summed E-state index contributed by atoms with van der Waals surface area (Å²) >= 11 is 9.75. The summed E-state index contributed by atoms with van der Waals surface area (Å²) in [6.45, 7) is 4.28. The highest BCUT2D eigenvalue weighted by molar-refractivity contribution is 14.1. The van der Waals surface area contributed by atoms with Crippen molar-refractivity contribution in [3.05, 3.63) is 66.7 Å². The molecule has 0 nitrogen and oxygen atoms in total. The fourth-order valence-corrected chi connectivity index (χ4v) is 3.72. The van der Waals surface area contributed by atoms with Gasteiger partial charge in [0.2, 0.25) is 0 Å². The number of benzene rings is 2. The molecule has 0 aromatic heterocycles. The third-order valence-electron chi connectivity index (χ3n) is 2.96. The van der Waals surface area contributed by atoms with Crippen LogP contribution in [0.1, 0.15) is 27.1 Å². The van der Waals surface area contributed by atoms with Crippen LogP contribution in [0.5, 0.6) is 0 Å². The van der Waals surface area contributed by atoms with E-state index in [4.69, 9.17) is 0 Å². The Hall–Kier alpha value is 0.130. The first-order valence-corrected chi connectivity index (χ1v) is 8.44. The van der Waals surface area contributed by atoms with Gasteiger partial charge in [-0.2, -0.15) is 0 Å². The van der Waals surface area contributed by atoms with Crippen LogP contribution in [0, 0.1) is 17.4 Å². The lowest BCUT2D eigenvalue weighted by molar-refractivity contribution is 1.13. The molecule has 0 saturated heterocycles. The first kappa shape index (κ1) is 14.5. The van der Waals surface area contributed by atoms with Crippen LogP contribution in [-0.4, -0.2) is 0 Å². The molecule has 0 spiro atoms. The van der Waals surface area contributed by atoms with Crippen molar-refractivity contribution < 1.29 is 0 Å². The zero-order chi connectivity index (χ0) is 13.3. The van der Waals surface area contributed by atoms with Crippen LogP contribution in [0.25, 0.3) is 0 Å². The van der Waals surface area contributed by atoms with Crippen molar-refractivity contribution in [3.63, 3.8) is 0 Å². The second-order valence-electron chi connectivity index (χ2n) is 4.38. The Morgan fingerprint density at radius 2 is 1.78 bits per heavy atom. The van der Waals surface area contributed by atoms with Crippen LogP contribution >= 0.6 is 54.5 Å². The maximum Gasteiger partial charge on any atom is 0.0647 e. The molecule has 0 amide bonds. The lowest BCUT2D eigenvalue weighted by atomic mass is 9.98. The van der Waals surface area contributed by atoms with E-state index in [2.05, 4.69) is 105 Å². The topological polar surface area (TPSA) is 0 Å². The molecule has 2 aromatic rings. The number of rotatable bonds is 2. The Morgan fingerprint density at radius 1 is 1.06 bits per heavy atom. The first-order chi connectivity index (χ1) is 8.49. The molecule has 0 aliphatic rings. The Labute approximate surface area is 139 Å². The monoisotopic (exact) mass is 478 g/mol. The van der Waals surface area contributed by atoms with Gasteiger partial charge in [0.25, 0.3) is 0 Å². The summed E-state index contributed by atoms with van der Waals surface area (Å²) in [4.78, 5) is 0.249. The van der Waals surface area contributed by atoms with Gasteiger partial charge >= 0.3 is 0 Å². The predicted octanol–water partition coefficient (Wildman–Crippen LogP) is 6.15. The van der Waals surface area contributed by atoms with E-state index in [-0.39, 0.29) is 4.83 Å². The van der Waals surface area contributed by atoms with E-state index in [0.29, 0.717) is 0 Å². The highest BCUT2D eigenvalue weighted by Gasteiger charge is 2.14. The van der Waals surface area contributed by atoms with Gasteiger partial charge in [0.15, 0.2) is 0 Å². The maximum absolute atomic E-state index is 3.82. The molecule has 0 aliphatic carbocycles. The summed E-state index contributed by atoms with van der Waals surface area (Å²) in [5.74, 6) is 0. The van der Waals surface area contributed by atoms with Gasteiger partial charge in [-0.15, -0.1) is 0 Å². The molecule has 0 saturated carbocycles. The average molecular weight is 480 g/mol. The highest BCUT2D eigenvalue weighted by Crippen LogP contribution is 2.35. The summed E-state index contributed by atoms with van der Waals surface area (Å²) in [5, 5.41) is 0. The summed E-state index contributed by atoms with van der Waals surface area (Å²) < 4.78 is 2.44. The second-order valence-corrected chi connectivity index (χ2v) is 7.39. The van der Waals surface area contributed by atoms with E-state index >= 15 is 0 Å². The van der Waals surface area contributed by atoms with Crippen molar-refractivity contribution in [2.75, 3.05) is 0 Å². The number of hydrogen-bond acceptors (Lipinski definition) is 0. The Morgan fingerprint density at radius 3 is 2.44 bits per heavy atom. The van der Waals surface area contributed by atoms with E-state index in [0.717, 1.165) is 0 Å². The maximum atomic E-state index is 3.82. The molecule has 18 heavy (non-hydrogen) atoms. The van der Waals surface area contributed by atoms with Crippen LogP contribution in [0.2, 0.25) is 0 Å². The van der Waals surface area contributed by atoms with Crippen molar-refractivity contribution in [2.45, 2.75) is 18.7 Å². The molecule has 0 bridgehead atoms. The summed E-state index contributed by atoms with van der Waals surface area (Å²) in [5.41, 5.74) is 5.20. The van der Waals surface area contributed by atoms with Gasteiger partial charge < -0.3 is 0 Å². The van der Waals surface area contributed by atoms with E-state index in [1.807, 2.05) is 0 Å². The molecule has 2 aromatic carbocycles. The van der Waals surface area contributed by atoms with Crippen LogP contribution in [0.15, 0.2) is 40.9 Å². The average Bonchev–Trinajstić information content (AvgIpc) is 2.33. The minimum absolute atomic E-state index is 0.249. The van der Waals surface area contributed by atoms with E-state index in [1.165, 1.54) is 30.3 Å². The fraction of sp³-hybridized carbons (Fsp3) is 0.200. The normalized spacial score (nSPS) is 12.5. The van der Waals surface area contributed by atoms with Gasteiger partial charge in [-0.3, -0.25) is 0 Å². The lowest BCUT2D eigenvalue weighted by Crippen LogP contribution is -1.97. The summed E-state index contributed by atoms with van der Waals surface area (Å²) in [6, 6.07) is 13.0. The number of aryl methyl sites for hydroxylation is 2. The molecule has 0 radical (unpaired) electrons. The molecule has 94 valence electrons. The third-order valence-corrected chi connectivity index (χ3v) is 5.51. The third kappa shape index (κ3) is 3.17. The van der Waals surface area contributed by atoms with Crippen LogP contribution in [0.4, 0.5) is 0 Å². The van der Waals surface area contributed by atoms with Crippen molar-refractivity contribution >= 4 is 54.5 Å². The zero-order valence-electron chi connectivity index (χ0n) is 10.2. The summed E-state index contributed by atoms with van der Waals surface area (Å²) in [7, 11) is 0. The minimum Gasteiger partial charge on any atom is -0.0786 e. The Balaban J connectivity index is 2.46. The predicted molar refractivity (Wildman–Crippen MR) is 93.5 cm³/mol. The SMILES string of the molecule is Cc1cc(C(Br)c2cccc(I)c2)c(C)cc1Br. The molecule has 0 N–H and O–H groups in total. The van der Waals surface area contributed by atoms with E-state index in [9.17, 15) is 0 Å². The molecule has 0 aliphatic heterocycles. The smallest absolute Gasteiger partial charge is 0.0647 e. The van der Waals surface area contributed by atoms with Crippen LogP contribution < -0.4 is 0 Å². The first-order valence-electron chi connectivity index (χ1n) is 5.65. The van der Waals surface area contributed by atoms with Gasteiger partial charge in [-0.05, 0) is 76.9 Å². The number of hydrogen-bond donors (Lipinski definition) is 0. The largest absolute Gasteiger partial charge is 0.0786 e. The van der Waals surface area contributed by atoms with Crippen molar-refractivity contribution in [2.24, 2.45) is 0 Å². The molecule has 0 heterocycles. The van der Waals surface area contributed by atoms with Crippen molar-refractivity contribution in [3.8, 4) is 0 Å². The quantitative estimate of drug-likeness (QED) is 0.358.